The zero-order valence-corrected chi connectivity index (χ0v) is 48.1. The average molecular weight is 1230 g/mol. The Hall–Kier alpha value is -8.89. The van der Waals surface area contributed by atoms with E-state index in [0.29, 0.717) is 27.6 Å². The van der Waals surface area contributed by atoms with Gasteiger partial charge in [-0.25, -0.2) is 9.59 Å². The molecule has 25 heteroatoms. The number of aromatic hydroxyl groups is 4. The number of nitrogens with one attached hydrogen (secondary N) is 6. The maximum absolute atomic E-state index is 15.8. The van der Waals surface area contributed by atoms with Gasteiger partial charge in [0.1, 0.15) is 47.3 Å². The van der Waals surface area contributed by atoms with Crippen molar-refractivity contribution < 1.29 is 68.2 Å². The molecule has 0 unspecified atom stereocenters. The van der Waals surface area contributed by atoms with E-state index in [2.05, 4.69) is 31.6 Å². The normalized spacial score (nSPS) is 18.8. The van der Waals surface area contributed by atoms with Crippen LogP contribution in [-0.4, -0.2) is 104 Å². The minimum Gasteiger partial charge on any atom is -0.508 e. The smallest absolute Gasteiger partial charge is 0.408 e. The van der Waals surface area contributed by atoms with E-state index in [9.17, 15) is 39.6 Å². The van der Waals surface area contributed by atoms with Crippen LogP contribution in [0.3, 0.4) is 0 Å². The Morgan fingerprint density at radius 2 is 1.25 bits per heavy atom. The van der Waals surface area contributed by atoms with Gasteiger partial charge in [-0.05, 0) is 115 Å². The number of amides is 6. The number of rotatable bonds is 7. The number of phenols is 4. The van der Waals surface area contributed by atoms with Crippen molar-refractivity contribution in [3.8, 4) is 45.6 Å². The van der Waals surface area contributed by atoms with E-state index in [1.54, 1.807) is 57.3 Å². The standard InChI is InChI=1S/C59H53Cl4N7O14/c1-59(2,3)84-58(81)65-41-23-31-25-64-48-34(31)7-6-8-35(48)36-18-28-24-43(49(36)72)83-33-15-9-26(10-16-33)17-42(53(76)69-47(57(80)82-5)27-11-13-32(71)14-12-27)70(4)56(79)46(30-21-39(62)51(74)40(63)22-30)68-55(78)44(28)67-54(77)45(66-52(41)75)29-19-37(60)50(73)38(61)20-29/h6-16,18-22,24-25,41-42,44-47,64,71-74H,17,23H2,1-5H3,(H,65,81)(H,66,75)(H,67,77)(H,68,78)(H,69,76)/t41-,42+,44-,45-,46-,47-/m1/s1. The highest BCUT2D eigenvalue weighted by atomic mass is 35.5. The maximum atomic E-state index is 15.8. The summed E-state index contributed by atoms with van der Waals surface area (Å²) in [5.74, 6) is -7.98. The maximum Gasteiger partial charge on any atom is 0.408 e. The van der Waals surface area contributed by atoms with Crippen LogP contribution in [0.5, 0.6) is 34.5 Å². The number of carbonyl (C=O) groups is 7. The van der Waals surface area contributed by atoms with Gasteiger partial charge in [0.2, 0.25) is 29.5 Å². The van der Waals surface area contributed by atoms with Crippen molar-refractivity contribution in [2.75, 3.05) is 14.2 Å². The average Bonchev–Trinajstić information content (AvgIpc) is 1.81. The first-order valence-corrected chi connectivity index (χ1v) is 27.2. The van der Waals surface area contributed by atoms with Crippen LogP contribution < -0.4 is 31.3 Å². The number of nitrogens with zero attached hydrogens (tertiary/aromatic N) is 1. The molecule has 1 aromatic heterocycles. The van der Waals surface area contributed by atoms with Crippen LogP contribution in [0.25, 0.3) is 22.0 Å². The molecule has 3 aliphatic rings. The first-order chi connectivity index (χ1) is 39.8. The summed E-state index contributed by atoms with van der Waals surface area (Å²) in [7, 11) is 2.36. The molecule has 6 amide bonds. The number of esters is 1. The molecule has 10 N–H and O–H groups in total. The first kappa shape index (κ1) is 59.7. The SMILES string of the molecule is COC(=O)[C@H](NC(=O)[C@@H]1Cc2ccc(cc2)Oc2cc3cc(c2O)-c2cccc4c(c[nH]c24)C[C@@H](NC(=O)OC(C)(C)C)C(=O)N[C@H](c2cc(Cl)c(O)c(Cl)c2)C(=O)N[C@H]3C(=O)N[C@H](c2cc(Cl)c(O)c(Cl)c2)C(=O)N1C)c1ccc(O)cc1. The minimum absolute atomic E-state index is 0.0447. The number of aromatic nitrogens is 1. The van der Waals surface area contributed by atoms with Crippen molar-refractivity contribution in [3.63, 3.8) is 0 Å². The van der Waals surface area contributed by atoms with E-state index in [1.807, 2.05) is 0 Å². The monoisotopic (exact) mass is 1220 g/mol. The van der Waals surface area contributed by atoms with Gasteiger partial charge >= 0.3 is 12.1 Å². The number of phenolic OH excluding ortho intramolecular Hbond substituents is 4. The Labute approximate surface area is 499 Å². The molecule has 0 aliphatic carbocycles. The molecular weight excluding hydrogens is 1170 g/mol. The highest BCUT2D eigenvalue weighted by molar-refractivity contribution is 6.38. The van der Waals surface area contributed by atoms with E-state index in [-0.39, 0.29) is 78.0 Å². The second-order valence-corrected chi connectivity index (χ2v) is 22.5. The molecule has 0 radical (unpaired) electrons. The third-order valence-corrected chi connectivity index (χ3v) is 15.1. The summed E-state index contributed by atoms with van der Waals surface area (Å²) >= 11 is 25.9. The molecule has 84 heavy (non-hydrogen) atoms. The Balaban J connectivity index is 1.26. The lowest BCUT2D eigenvalue weighted by Crippen LogP contribution is -2.54. The predicted octanol–water partition coefficient (Wildman–Crippen LogP) is 8.80. The van der Waals surface area contributed by atoms with Crippen LogP contribution in [0, 0.1) is 0 Å². The molecule has 0 saturated carbocycles. The first-order valence-electron chi connectivity index (χ1n) is 25.7. The summed E-state index contributed by atoms with van der Waals surface area (Å²) in [5, 5.41) is 56.3. The number of benzene rings is 6. The third kappa shape index (κ3) is 12.7. The third-order valence-electron chi connectivity index (χ3n) is 14.0. The van der Waals surface area contributed by atoms with Gasteiger partial charge < -0.3 is 71.1 Å². The van der Waals surface area contributed by atoms with Crippen LogP contribution >= 0.6 is 46.4 Å². The second kappa shape index (κ2) is 24.1. The lowest BCUT2D eigenvalue weighted by molar-refractivity contribution is -0.147. The highest BCUT2D eigenvalue weighted by Crippen LogP contribution is 2.45. The highest BCUT2D eigenvalue weighted by Gasteiger charge is 2.40. The van der Waals surface area contributed by atoms with Gasteiger partial charge in [0.25, 0.3) is 0 Å². The zero-order valence-electron chi connectivity index (χ0n) is 45.1. The van der Waals surface area contributed by atoms with Crippen molar-refractivity contribution >= 4 is 98.9 Å². The summed E-state index contributed by atoms with van der Waals surface area (Å²) in [4.78, 5) is 108. The zero-order chi connectivity index (χ0) is 60.6. The van der Waals surface area contributed by atoms with Gasteiger partial charge in [-0.3, -0.25) is 24.0 Å². The number of carbonyl (C=O) groups excluding carboxylic acids is 7. The molecule has 3 aliphatic heterocycles. The van der Waals surface area contributed by atoms with Gasteiger partial charge in [0.05, 0.1) is 32.7 Å². The molecule has 7 aromatic rings. The van der Waals surface area contributed by atoms with Gasteiger partial charge in [-0.1, -0.05) is 88.9 Å². The summed E-state index contributed by atoms with van der Waals surface area (Å²) in [6, 6.07) is 13.6. The van der Waals surface area contributed by atoms with Gasteiger partial charge in [-0.15, -0.1) is 0 Å². The van der Waals surface area contributed by atoms with Crippen LogP contribution in [0.2, 0.25) is 20.1 Å². The Bertz CT molecular complexity index is 3750. The van der Waals surface area contributed by atoms with E-state index in [4.69, 9.17) is 60.6 Å². The number of para-hydroxylation sites is 1. The number of hydrogen-bond acceptors (Lipinski definition) is 14. The number of H-pyrrole nitrogens is 1. The molecule has 10 rings (SSSR count). The van der Waals surface area contributed by atoms with E-state index >= 15 is 14.4 Å². The van der Waals surface area contributed by atoms with Crippen molar-refractivity contribution in [1.29, 1.82) is 0 Å². The largest absolute Gasteiger partial charge is 0.508 e. The fourth-order valence-electron chi connectivity index (χ4n) is 9.76. The lowest BCUT2D eigenvalue weighted by atomic mass is 9.94. The molecule has 9 bridgehead atoms. The lowest BCUT2D eigenvalue weighted by Gasteiger charge is -2.33. The minimum atomic E-state index is -1.98. The second-order valence-electron chi connectivity index (χ2n) is 20.8. The number of alkyl carbamates (subject to hydrolysis) is 1. The van der Waals surface area contributed by atoms with Crippen molar-refractivity contribution in [3.05, 3.63) is 163 Å². The summed E-state index contributed by atoms with van der Waals surface area (Å²) < 4.78 is 17.0. The molecule has 0 fully saturated rings. The van der Waals surface area contributed by atoms with E-state index in [0.717, 1.165) is 36.3 Å². The van der Waals surface area contributed by atoms with E-state index in [1.165, 1.54) is 55.6 Å². The van der Waals surface area contributed by atoms with Crippen molar-refractivity contribution in [1.82, 2.24) is 36.5 Å². The molecule has 4 heterocycles. The van der Waals surface area contributed by atoms with Crippen LogP contribution in [0.4, 0.5) is 4.79 Å². The topological polar surface area (TPSA) is 307 Å². The molecule has 6 atom stereocenters. The molecule has 0 saturated heterocycles. The Morgan fingerprint density at radius 1 is 0.690 bits per heavy atom. The van der Waals surface area contributed by atoms with Crippen LogP contribution in [0.1, 0.15) is 78.3 Å². The van der Waals surface area contributed by atoms with Crippen molar-refractivity contribution in [2.45, 2.75) is 75.5 Å². The molecule has 6 aromatic carbocycles. The van der Waals surface area contributed by atoms with Gasteiger partial charge in [0, 0.05) is 42.6 Å². The number of hydrogen-bond donors (Lipinski definition) is 10. The number of fused-ring (bicyclic) bond motifs is 10. The summed E-state index contributed by atoms with van der Waals surface area (Å²) in [6.07, 6.45) is 0.126. The summed E-state index contributed by atoms with van der Waals surface area (Å²) in [6.45, 7) is 4.86. The number of likely N-dealkylation sites (N-methyl/N-ethyl adjacent to an activating group) is 1. The van der Waals surface area contributed by atoms with Gasteiger partial charge in [0.15, 0.2) is 29.0 Å². The Kier molecular flexibility index (Phi) is 17.2. The molecular formula is C59H53Cl4N7O14. The number of methoxy groups -OCH3 is 1. The van der Waals surface area contributed by atoms with Crippen LogP contribution in [-0.2, 0) is 51.1 Å². The Morgan fingerprint density at radius 3 is 1.83 bits per heavy atom. The predicted molar refractivity (Wildman–Crippen MR) is 309 cm³/mol. The molecule has 436 valence electrons. The van der Waals surface area contributed by atoms with Gasteiger partial charge in [-0.2, -0.15) is 0 Å². The van der Waals surface area contributed by atoms with Crippen LogP contribution in [0.15, 0.2) is 109 Å². The molecule has 0 spiro atoms. The number of halogens is 4. The number of aromatic amines is 1. The quantitative estimate of drug-likeness (QED) is 0.0667. The van der Waals surface area contributed by atoms with Crippen molar-refractivity contribution in [2.24, 2.45) is 0 Å². The molecule has 21 nitrogen and oxygen atoms in total. The number of ether oxygens (including phenoxy) is 3. The fourth-order valence-corrected chi connectivity index (χ4v) is 10.8. The fraction of sp³-hybridized carbons (Fsp3) is 0.237. The van der Waals surface area contributed by atoms with E-state index < -0.39 is 101 Å². The summed E-state index contributed by atoms with van der Waals surface area (Å²) in [5.41, 5.74) is 0.501.